The van der Waals surface area contributed by atoms with Gasteiger partial charge in [-0.25, -0.2) is 18.0 Å². The Hall–Kier alpha value is -2.87. The van der Waals surface area contributed by atoms with Crippen LogP contribution in [-0.2, 0) is 21.2 Å². The van der Waals surface area contributed by atoms with Gasteiger partial charge < -0.3 is 9.84 Å². The van der Waals surface area contributed by atoms with Crippen LogP contribution in [0.15, 0.2) is 53.4 Å². The van der Waals surface area contributed by atoms with E-state index < -0.39 is 21.9 Å². The van der Waals surface area contributed by atoms with E-state index in [1.165, 1.54) is 12.1 Å². The third-order valence-electron chi connectivity index (χ3n) is 3.08. The van der Waals surface area contributed by atoms with Crippen molar-refractivity contribution in [1.82, 2.24) is 0 Å². The Morgan fingerprint density at radius 2 is 1.79 bits per heavy atom. The summed E-state index contributed by atoms with van der Waals surface area (Å²) in [5.41, 5.74) is 0.538. The monoisotopic (exact) mass is 349 g/mol. The zero-order valence-electron chi connectivity index (χ0n) is 12.7. The van der Waals surface area contributed by atoms with Crippen LogP contribution in [0.5, 0.6) is 0 Å². The summed E-state index contributed by atoms with van der Waals surface area (Å²) >= 11 is 0. The number of rotatable bonds is 5. The van der Waals surface area contributed by atoms with Gasteiger partial charge in [0.1, 0.15) is 6.61 Å². The van der Waals surface area contributed by atoms with Crippen LogP contribution in [0.1, 0.15) is 15.9 Å². The Labute approximate surface area is 138 Å². The minimum absolute atomic E-state index is 0.0219. The minimum atomic E-state index is -3.74. The molecule has 0 aliphatic rings. The third-order valence-corrected chi connectivity index (χ3v) is 4.21. The molecule has 0 aliphatic heterocycles. The number of nitrogens with one attached hydrogen (secondary N) is 1. The first-order valence-electron chi connectivity index (χ1n) is 6.82. The van der Waals surface area contributed by atoms with E-state index in [-0.39, 0.29) is 22.8 Å². The van der Waals surface area contributed by atoms with Crippen LogP contribution in [0.25, 0.3) is 0 Å². The predicted octanol–water partition coefficient (Wildman–Crippen LogP) is 2.54. The van der Waals surface area contributed by atoms with Gasteiger partial charge in [0.2, 0.25) is 0 Å². The Morgan fingerprint density at radius 3 is 2.38 bits per heavy atom. The summed E-state index contributed by atoms with van der Waals surface area (Å²) in [5.74, 6) is -1.27. The normalized spacial score (nSPS) is 10.9. The fourth-order valence-corrected chi connectivity index (χ4v) is 2.79. The molecule has 0 aromatic heterocycles. The second kappa shape index (κ2) is 7.14. The quantitative estimate of drug-likeness (QED) is 0.858. The molecule has 0 unspecified atom stereocenters. The van der Waals surface area contributed by atoms with Crippen LogP contribution in [0.3, 0.4) is 0 Å². The molecule has 0 atom stereocenters. The summed E-state index contributed by atoms with van der Waals surface area (Å²) in [6.45, 7) is 0.0219. The maximum atomic E-state index is 11.8. The predicted molar refractivity (Wildman–Crippen MR) is 86.8 cm³/mol. The van der Waals surface area contributed by atoms with Crippen molar-refractivity contribution >= 4 is 27.6 Å². The summed E-state index contributed by atoms with van der Waals surface area (Å²) in [6.07, 6.45) is 0.0841. The highest BCUT2D eigenvalue weighted by molar-refractivity contribution is 7.90. The molecular weight excluding hydrogens is 334 g/mol. The molecule has 2 aromatic carbocycles. The smallest absolute Gasteiger partial charge is 0.411 e. The number of carboxylic acids is 1. The Morgan fingerprint density at radius 1 is 1.12 bits per heavy atom. The molecule has 0 heterocycles. The van der Waals surface area contributed by atoms with Gasteiger partial charge >= 0.3 is 12.1 Å². The lowest BCUT2D eigenvalue weighted by atomic mass is 10.2. The fourth-order valence-electron chi connectivity index (χ4n) is 1.93. The van der Waals surface area contributed by atoms with Crippen molar-refractivity contribution in [1.29, 1.82) is 0 Å². The van der Waals surface area contributed by atoms with Crippen molar-refractivity contribution in [3.8, 4) is 0 Å². The third kappa shape index (κ3) is 4.56. The van der Waals surface area contributed by atoms with E-state index in [9.17, 15) is 18.0 Å². The number of carbonyl (C=O) groups is 2. The average molecular weight is 349 g/mol. The molecule has 0 saturated carbocycles. The van der Waals surface area contributed by atoms with Gasteiger partial charge in [-0.05, 0) is 23.8 Å². The Kier molecular flexibility index (Phi) is 5.20. The number of benzene rings is 2. The highest BCUT2D eigenvalue weighted by Gasteiger charge is 2.18. The Balaban J connectivity index is 2.16. The molecule has 1 amide bonds. The largest absolute Gasteiger partial charge is 0.478 e. The number of anilines is 1. The van der Waals surface area contributed by atoms with Crippen LogP contribution in [-0.4, -0.2) is 31.8 Å². The van der Waals surface area contributed by atoms with E-state index in [1.54, 1.807) is 24.3 Å². The molecular formula is C16H15NO6S. The van der Waals surface area contributed by atoms with E-state index in [4.69, 9.17) is 9.84 Å². The van der Waals surface area contributed by atoms with Gasteiger partial charge in [0, 0.05) is 6.26 Å². The van der Waals surface area contributed by atoms with E-state index >= 15 is 0 Å². The molecule has 0 spiro atoms. The number of sulfone groups is 1. The molecule has 0 fully saturated rings. The number of amides is 1. The number of ether oxygens (including phenoxy) is 1. The van der Waals surface area contributed by atoms with Gasteiger partial charge in [0.05, 0.1) is 16.1 Å². The van der Waals surface area contributed by atoms with Gasteiger partial charge in [0.15, 0.2) is 9.84 Å². The molecule has 2 aromatic rings. The van der Waals surface area contributed by atoms with E-state index in [0.29, 0.717) is 0 Å². The van der Waals surface area contributed by atoms with E-state index in [1.807, 2.05) is 6.07 Å². The first-order chi connectivity index (χ1) is 11.3. The van der Waals surface area contributed by atoms with Crippen molar-refractivity contribution < 1.29 is 27.9 Å². The summed E-state index contributed by atoms with van der Waals surface area (Å²) in [5, 5.41) is 11.3. The second-order valence-corrected chi connectivity index (χ2v) is 6.96. The molecule has 0 bridgehead atoms. The molecule has 126 valence electrons. The second-order valence-electron chi connectivity index (χ2n) is 4.97. The lowest BCUT2D eigenvalue weighted by Gasteiger charge is -2.11. The number of carboxylic acid groups (broad SMARTS) is 1. The zero-order chi connectivity index (χ0) is 17.7. The van der Waals surface area contributed by atoms with Gasteiger partial charge in [-0.1, -0.05) is 30.3 Å². The molecule has 2 N–H and O–H groups in total. The van der Waals surface area contributed by atoms with Crippen molar-refractivity contribution in [2.75, 3.05) is 11.6 Å². The molecule has 2 rings (SSSR count). The van der Waals surface area contributed by atoms with E-state index in [0.717, 1.165) is 17.9 Å². The van der Waals surface area contributed by atoms with Gasteiger partial charge in [-0.2, -0.15) is 0 Å². The van der Waals surface area contributed by atoms with Crippen LogP contribution in [0.2, 0.25) is 0 Å². The maximum Gasteiger partial charge on any atom is 0.411 e. The maximum absolute atomic E-state index is 11.8. The van der Waals surface area contributed by atoms with Gasteiger partial charge in [-0.3, -0.25) is 5.32 Å². The summed E-state index contributed by atoms with van der Waals surface area (Å²) in [6, 6.07) is 12.4. The highest BCUT2D eigenvalue weighted by Crippen LogP contribution is 2.23. The lowest BCUT2D eigenvalue weighted by molar-refractivity contribution is 0.0696. The minimum Gasteiger partial charge on any atom is -0.478 e. The van der Waals surface area contributed by atoms with Crippen molar-refractivity contribution in [2.24, 2.45) is 0 Å². The Bertz CT molecular complexity index is 861. The molecule has 8 heteroatoms. The average Bonchev–Trinajstić information content (AvgIpc) is 2.53. The molecule has 0 saturated heterocycles. The number of hydrogen-bond donors (Lipinski definition) is 2. The fraction of sp³-hybridized carbons (Fsp3) is 0.125. The molecule has 0 radical (unpaired) electrons. The van der Waals surface area contributed by atoms with Crippen LogP contribution < -0.4 is 5.32 Å². The number of aromatic carboxylic acids is 1. The van der Waals surface area contributed by atoms with Crippen LogP contribution in [0.4, 0.5) is 10.5 Å². The first kappa shape index (κ1) is 17.5. The summed E-state index contributed by atoms with van der Waals surface area (Å²) < 4.78 is 28.6. The number of carbonyl (C=O) groups excluding carboxylic acids is 1. The molecule has 24 heavy (non-hydrogen) atoms. The first-order valence-corrected chi connectivity index (χ1v) is 8.71. The van der Waals surface area contributed by atoms with Crippen molar-refractivity contribution in [3.63, 3.8) is 0 Å². The van der Waals surface area contributed by atoms with Gasteiger partial charge in [0.25, 0.3) is 0 Å². The summed E-state index contributed by atoms with van der Waals surface area (Å²) in [7, 11) is -3.74. The lowest BCUT2D eigenvalue weighted by Crippen LogP contribution is -2.16. The SMILES string of the molecule is CS(=O)(=O)c1cc(C(=O)O)ccc1NC(=O)OCc1ccccc1. The topological polar surface area (TPSA) is 110 Å². The highest BCUT2D eigenvalue weighted by atomic mass is 32.2. The number of hydrogen-bond acceptors (Lipinski definition) is 5. The van der Waals surface area contributed by atoms with Crippen LogP contribution >= 0.6 is 0 Å². The van der Waals surface area contributed by atoms with Crippen molar-refractivity contribution in [3.05, 3.63) is 59.7 Å². The standard InChI is InChI=1S/C16H15NO6S/c1-24(21,22)14-9-12(15(18)19)7-8-13(14)17-16(20)23-10-11-5-3-2-4-6-11/h2-9H,10H2,1H3,(H,17,20)(H,18,19). The van der Waals surface area contributed by atoms with Crippen LogP contribution in [0, 0.1) is 0 Å². The van der Waals surface area contributed by atoms with Crippen molar-refractivity contribution in [2.45, 2.75) is 11.5 Å². The summed E-state index contributed by atoms with van der Waals surface area (Å²) in [4.78, 5) is 22.5. The molecule has 7 nitrogen and oxygen atoms in total. The zero-order valence-corrected chi connectivity index (χ0v) is 13.5. The van der Waals surface area contributed by atoms with E-state index in [2.05, 4.69) is 5.32 Å². The van der Waals surface area contributed by atoms with Gasteiger partial charge in [-0.15, -0.1) is 0 Å². The molecule has 0 aliphatic carbocycles.